The maximum atomic E-state index is 12.8. The molecule has 2 aromatic carbocycles. The van der Waals surface area contributed by atoms with Crippen molar-refractivity contribution >= 4 is 44.8 Å². The monoisotopic (exact) mass is 468 g/mol. The fraction of sp³-hybridized carbons (Fsp3) is 0.409. The first-order valence-corrected chi connectivity index (χ1v) is 12.6. The number of sulfonamides is 1. The maximum Gasteiger partial charge on any atom is 0.241 e. The molecule has 1 amide bonds. The van der Waals surface area contributed by atoms with Crippen LogP contribution in [0.5, 0.6) is 0 Å². The molecule has 0 heterocycles. The third kappa shape index (κ3) is 5.48. The van der Waals surface area contributed by atoms with Crippen molar-refractivity contribution < 1.29 is 13.2 Å². The lowest BCUT2D eigenvalue weighted by Crippen LogP contribution is -2.41. The van der Waals surface area contributed by atoms with Gasteiger partial charge in [0.2, 0.25) is 15.9 Å². The molecule has 1 aliphatic rings. The Kier molecular flexibility index (Phi) is 7.32. The molecule has 1 N–H and O–H groups in total. The van der Waals surface area contributed by atoms with E-state index in [1.54, 1.807) is 6.07 Å². The van der Waals surface area contributed by atoms with E-state index >= 15 is 0 Å². The molecule has 30 heavy (non-hydrogen) atoms. The maximum absolute atomic E-state index is 12.8. The number of aryl methyl sites for hydroxylation is 2. The summed E-state index contributed by atoms with van der Waals surface area (Å²) in [5.74, 6) is -0.393. The number of rotatable bonds is 7. The van der Waals surface area contributed by atoms with Crippen molar-refractivity contribution in [1.29, 1.82) is 0 Å². The van der Waals surface area contributed by atoms with Gasteiger partial charge in [0.25, 0.3) is 0 Å². The number of hydrogen-bond donors (Lipinski definition) is 1. The van der Waals surface area contributed by atoms with E-state index in [4.69, 9.17) is 23.2 Å². The molecule has 0 unspecified atom stereocenters. The van der Waals surface area contributed by atoms with E-state index < -0.39 is 15.9 Å². The number of anilines is 1. The summed E-state index contributed by atoms with van der Waals surface area (Å²) in [7, 11) is -3.72. The van der Waals surface area contributed by atoms with Gasteiger partial charge in [-0.3, -0.25) is 9.10 Å². The van der Waals surface area contributed by atoms with E-state index in [0.29, 0.717) is 11.4 Å². The van der Waals surface area contributed by atoms with Crippen LogP contribution in [0.1, 0.15) is 48.9 Å². The normalized spacial score (nSPS) is 14.7. The first-order chi connectivity index (χ1) is 14.2. The Morgan fingerprint density at radius 3 is 2.43 bits per heavy atom. The topological polar surface area (TPSA) is 66.5 Å². The quantitative estimate of drug-likeness (QED) is 0.627. The van der Waals surface area contributed by atoms with Gasteiger partial charge in [-0.15, -0.1) is 0 Å². The Morgan fingerprint density at radius 1 is 1.10 bits per heavy atom. The van der Waals surface area contributed by atoms with Crippen LogP contribution in [0.15, 0.2) is 36.4 Å². The van der Waals surface area contributed by atoms with E-state index in [0.717, 1.165) is 29.0 Å². The lowest BCUT2D eigenvalue weighted by molar-refractivity contribution is -0.120. The molecular weight excluding hydrogens is 443 g/mol. The molecule has 0 bridgehead atoms. The summed E-state index contributed by atoms with van der Waals surface area (Å²) >= 11 is 12.1. The van der Waals surface area contributed by atoms with Gasteiger partial charge in [0.1, 0.15) is 6.54 Å². The summed E-state index contributed by atoms with van der Waals surface area (Å²) in [6.07, 6.45) is 6.31. The fourth-order valence-corrected chi connectivity index (χ4v) is 5.26. The second-order valence-electron chi connectivity index (χ2n) is 7.63. The molecule has 5 nitrogen and oxygen atoms in total. The molecule has 0 fully saturated rings. The summed E-state index contributed by atoms with van der Waals surface area (Å²) in [5, 5.41) is 3.54. The van der Waals surface area contributed by atoms with Crippen molar-refractivity contribution in [2.24, 2.45) is 0 Å². The summed E-state index contributed by atoms with van der Waals surface area (Å²) in [6, 6.07) is 10.7. The number of nitrogens with zero attached hydrogens (tertiary/aromatic N) is 1. The van der Waals surface area contributed by atoms with Gasteiger partial charge in [0, 0.05) is 5.02 Å². The van der Waals surface area contributed by atoms with Crippen molar-refractivity contribution in [3.05, 3.63) is 63.1 Å². The van der Waals surface area contributed by atoms with Crippen LogP contribution in [0, 0.1) is 0 Å². The lowest BCUT2D eigenvalue weighted by atomic mass is 9.89. The third-order valence-corrected chi connectivity index (χ3v) is 7.05. The van der Waals surface area contributed by atoms with Crippen molar-refractivity contribution in [2.45, 2.75) is 45.1 Å². The highest BCUT2D eigenvalue weighted by Crippen LogP contribution is 2.30. The predicted octanol–water partition coefficient (Wildman–Crippen LogP) is 4.91. The van der Waals surface area contributed by atoms with E-state index in [9.17, 15) is 13.2 Å². The molecule has 0 saturated carbocycles. The molecule has 0 aliphatic heterocycles. The third-order valence-electron chi connectivity index (χ3n) is 5.38. The van der Waals surface area contributed by atoms with Gasteiger partial charge in [-0.25, -0.2) is 8.42 Å². The van der Waals surface area contributed by atoms with Crippen molar-refractivity contribution in [2.75, 3.05) is 17.1 Å². The van der Waals surface area contributed by atoms with Gasteiger partial charge < -0.3 is 5.32 Å². The Labute approximate surface area is 188 Å². The van der Waals surface area contributed by atoms with Crippen LogP contribution in [0.4, 0.5) is 5.69 Å². The highest BCUT2D eigenvalue weighted by atomic mass is 35.5. The van der Waals surface area contributed by atoms with Crippen LogP contribution in [-0.2, 0) is 27.7 Å². The van der Waals surface area contributed by atoms with Gasteiger partial charge in [-0.1, -0.05) is 48.3 Å². The number of amides is 1. The Balaban J connectivity index is 1.78. The second kappa shape index (κ2) is 9.58. The molecule has 0 saturated heterocycles. The highest BCUT2D eigenvalue weighted by Gasteiger charge is 2.25. The van der Waals surface area contributed by atoms with Crippen LogP contribution in [0.3, 0.4) is 0 Å². The molecule has 1 aliphatic carbocycles. The molecule has 0 spiro atoms. The zero-order valence-electron chi connectivity index (χ0n) is 17.1. The number of hydrogen-bond acceptors (Lipinski definition) is 3. The van der Waals surface area contributed by atoms with E-state index in [1.165, 1.54) is 36.1 Å². The first-order valence-electron chi connectivity index (χ1n) is 10.0. The van der Waals surface area contributed by atoms with Gasteiger partial charge in [0.05, 0.1) is 23.0 Å². The van der Waals surface area contributed by atoms with Crippen LogP contribution in [0.25, 0.3) is 0 Å². The van der Waals surface area contributed by atoms with Gasteiger partial charge in [-0.05, 0) is 67.0 Å². The average molecular weight is 469 g/mol. The molecule has 8 heteroatoms. The molecular formula is C22H26Cl2N2O3S. The van der Waals surface area contributed by atoms with Crippen LogP contribution < -0.4 is 9.62 Å². The van der Waals surface area contributed by atoms with E-state index in [-0.39, 0.29) is 23.3 Å². The number of fused-ring (bicyclic) bond motifs is 1. The number of carbonyl (C=O) groups excluding carboxylic acids is 1. The number of halogens is 2. The average Bonchev–Trinajstić information content (AvgIpc) is 2.69. The fourth-order valence-electron chi connectivity index (χ4n) is 3.83. The molecule has 3 rings (SSSR count). The zero-order valence-corrected chi connectivity index (χ0v) is 19.4. The summed E-state index contributed by atoms with van der Waals surface area (Å²) in [5.41, 5.74) is 3.99. The van der Waals surface area contributed by atoms with Gasteiger partial charge >= 0.3 is 0 Å². The lowest BCUT2D eigenvalue weighted by Gasteiger charge is -2.25. The first kappa shape index (κ1) is 22.9. The van der Waals surface area contributed by atoms with E-state index in [1.807, 2.05) is 6.92 Å². The predicted molar refractivity (Wildman–Crippen MR) is 123 cm³/mol. The SMILES string of the molecule is CC[C@H](NC(=O)CN(c1ccc(Cl)cc1Cl)S(C)(=O)=O)c1ccc2c(c1)CCCC2. The molecule has 162 valence electrons. The smallest absolute Gasteiger partial charge is 0.241 e. The van der Waals surface area contributed by atoms with Crippen molar-refractivity contribution in [3.63, 3.8) is 0 Å². The number of carbonyl (C=O) groups is 1. The molecule has 0 aromatic heterocycles. The minimum Gasteiger partial charge on any atom is -0.348 e. The van der Waals surface area contributed by atoms with Crippen molar-refractivity contribution in [1.82, 2.24) is 5.32 Å². The molecule has 0 radical (unpaired) electrons. The minimum atomic E-state index is -3.72. The Hall–Kier alpha value is -1.76. The highest BCUT2D eigenvalue weighted by molar-refractivity contribution is 7.92. The summed E-state index contributed by atoms with van der Waals surface area (Å²) in [6.45, 7) is 1.64. The van der Waals surface area contributed by atoms with Crippen LogP contribution in [-0.4, -0.2) is 27.1 Å². The molecule has 2 aromatic rings. The Bertz CT molecular complexity index is 1040. The number of benzene rings is 2. The largest absolute Gasteiger partial charge is 0.348 e. The van der Waals surface area contributed by atoms with Gasteiger partial charge in [0.15, 0.2) is 0 Å². The standard InChI is InChI=1S/C22H26Cl2N2O3S/c1-3-20(17-9-8-15-6-4-5-7-16(15)12-17)25-22(27)14-26(30(2,28)29)21-11-10-18(23)13-19(21)24/h8-13,20H,3-7,14H2,1-2H3,(H,25,27)/t20-/m0/s1. The second-order valence-corrected chi connectivity index (χ2v) is 10.4. The Morgan fingerprint density at radius 2 is 1.80 bits per heavy atom. The summed E-state index contributed by atoms with van der Waals surface area (Å²) in [4.78, 5) is 12.8. The summed E-state index contributed by atoms with van der Waals surface area (Å²) < 4.78 is 25.7. The van der Waals surface area contributed by atoms with Gasteiger partial charge in [-0.2, -0.15) is 0 Å². The minimum absolute atomic E-state index is 0.169. The molecule has 1 atom stereocenters. The van der Waals surface area contributed by atoms with Crippen LogP contribution >= 0.6 is 23.2 Å². The van der Waals surface area contributed by atoms with Crippen molar-refractivity contribution in [3.8, 4) is 0 Å². The van der Waals surface area contributed by atoms with E-state index in [2.05, 4.69) is 23.5 Å². The van der Waals surface area contributed by atoms with Crippen LogP contribution in [0.2, 0.25) is 10.0 Å². The zero-order chi connectivity index (χ0) is 21.9. The number of nitrogens with one attached hydrogen (secondary N) is 1.